The number of nitrogens with one attached hydrogen (secondary N) is 2. The quantitative estimate of drug-likeness (QED) is 0.758. The maximum atomic E-state index is 13.4. The van der Waals surface area contributed by atoms with E-state index in [1.807, 2.05) is 12.1 Å². The van der Waals surface area contributed by atoms with Crippen molar-refractivity contribution in [3.8, 4) is 22.4 Å². The first kappa shape index (κ1) is 16.4. The molecule has 0 saturated heterocycles. The summed E-state index contributed by atoms with van der Waals surface area (Å²) in [6.07, 6.45) is 3.45. The van der Waals surface area contributed by atoms with Gasteiger partial charge in [-0.15, -0.1) is 0 Å². The summed E-state index contributed by atoms with van der Waals surface area (Å²) in [4.78, 5) is 16.4. The number of halogens is 1. The van der Waals surface area contributed by atoms with Crippen LogP contribution in [-0.4, -0.2) is 34.3 Å². The molecule has 2 aromatic heterocycles. The molecule has 1 aliphatic rings. The van der Waals surface area contributed by atoms with E-state index >= 15 is 0 Å². The lowest BCUT2D eigenvalue weighted by molar-refractivity contribution is -0.124. The minimum Gasteiger partial charge on any atom is -0.357 e. The van der Waals surface area contributed by atoms with Gasteiger partial charge in [-0.05, 0) is 42.0 Å². The second kappa shape index (κ2) is 6.68. The zero-order valence-corrected chi connectivity index (χ0v) is 14.2. The molecule has 7 heteroatoms. The second-order valence-corrected chi connectivity index (χ2v) is 6.12. The zero-order chi connectivity index (χ0) is 18.1. The molecule has 4 rings (SSSR count). The van der Waals surface area contributed by atoms with Crippen LogP contribution in [0.4, 0.5) is 4.39 Å². The lowest BCUT2D eigenvalue weighted by atomic mass is 9.99. The minimum atomic E-state index is -0.432. The average molecular weight is 351 g/mol. The molecule has 1 aromatic carbocycles. The summed E-state index contributed by atoms with van der Waals surface area (Å²) in [6.45, 7) is 1.10. The van der Waals surface area contributed by atoms with Gasteiger partial charge in [0.25, 0.3) is 0 Å². The minimum absolute atomic E-state index is 0.104. The van der Waals surface area contributed by atoms with Crippen molar-refractivity contribution in [1.29, 1.82) is 0 Å². The van der Waals surface area contributed by atoms with Crippen molar-refractivity contribution in [2.75, 3.05) is 13.6 Å². The zero-order valence-electron chi connectivity index (χ0n) is 14.2. The van der Waals surface area contributed by atoms with E-state index in [2.05, 4.69) is 15.6 Å². The number of fused-ring (bicyclic) bond motifs is 1. The Balaban J connectivity index is 1.94. The van der Waals surface area contributed by atoms with Crippen molar-refractivity contribution in [3.05, 3.63) is 60.3 Å². The molecule has 0 saturated carbocycles. The number of hydrogen-bond donors (Lipinski definition) is 2. The molecule has 26 heavy (non-hydrogen) atoms. The fourth-order valence-corrected chi connectivity index (χ4v) is 3.31. The van der Waals surface area contributed by atoms with Crippen LogP contribution in [-0.2, 0) is 11.3 Å². The van der Waals surface area contributed by atoms with Crippen LogP contribution in [0.2, 0.25) is 0 Å². The third kappa shape index (κ3) is 2.76. The van der Waals surface area contributed by atoms with Crippen LogP contribution in [0.25, 0.3) is 22.4 Å². The molecular formula is C19H18FN5O. The summed E-state index contributed by atoms with van der Waals surface area (Å²) in [7, 11) is 1.62. The Kier molecular flexibility index (Phi) is 4.22. The van der Waals surface area contributed by atoms with Gasteiger partial charge in [-0.2, -0.15) is 5.10 Å². The van der Waals surface area contributed by atoms with E-state index in [0.29, 0.717) is 13.1 Å². The van der Waals surface area contributed by atoms with E-state index in [1.54, 1.807) is 36.3 Å². The summed E-state index contributed by atoms with van der Waals surface area (Å²) < 4.78 is 15.2. The molecule has 0 fully saturated rings. The molecule has 6 nitrogen and oxygen atoms in total. The maximum Gasteiger partial charge on any atom is 0.245 e. The van der Waals surface area contributed by atoms with Crippen molar-refractivity contribution in [2.24, 2.45) is 0 Å². The number of pyridine rings is 1. The number of aromatic nitrogens is 3. The van der Waals surface area contributed by atoms with E-state index < -0.39 is 6.04 Å². The molecule has 0 bridgehead atoms. The van der Waals surface area contributed by atoms with E-state index in [4.69, 9.17) is 5.10 Å². The summed E-state index contributed by atoms with van der Waals surface area (Å²) in [6, 6.07) is 9.63. The van der Waals surface area contributed by atoms with Gasteiger partial charge < -0.3 is 10.6 Å². The molecule has 0 spiro atoms. The molecule has 0 radical (unpaired) electrons. The van der Waals surface area contributed by atoms with Gasteiger partial charge >= 0.3 is 0 Å². The predicted molar refractivity (Wildman–Crippen MR) is 95.7 cm³/mol. The van der Waals surface area contributed by atoms with Crippen LogP contribution in [0.1, 0.15) is 11.7 Å². The highest BCUT2D eigenvalue weighted by Crippen LogP contribution is 2.36. The largest absolute Gasteiger partial charge is 0.357 e. The Morgan fingerprint density at radius 1 is 1.19 bits per heavy atom. The first-order valence-electron chi connectivity index (χ1n) is 8.39. The lowest BCUT2D eigenvalue weighted by Gasteiger charge is -2.24. The Hall–Kier alpha value is -3.06. The highest BCUT2D eigenvalue weighted by Gasteiger charge is 2.31. The highest BCUT2D eigenvalue weighted by atomic mass is 19.1. The van der Waals surface area contributed by atoms with E-state index in [9.17, 15) is 9.18 Å². The first-order valence-corrected chi connectivity index (χ1v) is 8.39. The monoisotopic (exact) mass is 351 g/mol. The van der Waals surface area contributed by atoms with Crippen molar-refractivity contribution < 1.29 is 9.18 Å². The van der Waals surface area contributed by atoms with Gasteiger partial charge in [0, 0.05) is 43.7 Å². The fourth-order valence-electron chi connectivity index (χ4n) is 3.31. The van der Waals surface area contributed by atoms with E-state index in [1.165, 1.54) is 12.1 Å². The standard InChI is InChI=1S/C19H18FN5O/c1-21-19(26)16-11-23-10-15-17(12-6-8-22-9-7-12)18(24-25(15)16)13-2-4-14(20)5-3-13/h2-9,16,23H,10-11H2,1H3,(H,21,26)/t16-/m1/s1. The van der Waals surface area contributed by atoms with Gasteiger partial charge in [-0.1, -0.05) is 0 Å². The fraction of sp³-hybridized carbons (Fsp3) is 0.211. The highest BCUT2D eigenvalue weighted by molar-refractivity contribution is 5.85. The normalized spacial score (nSPS) is 16.2. The SMILES string of the molecule is CNC(=O)[C@H]1CNCc2c(-c3ccncc3)c(-c3ccc(F)cc3)nn21. The number of nitrogens with zero attached hydrogens (tertiary/aromatic N) is 3. The number of hydrogen-bond acceptors (Lipinski definition) is 4. The second-order valence-electron chi connectivity index (χ2n) is 6.12. The van der Waals surface area contributed by atoms with Crippen LogP contribution in [0.15, 0.2) is 48.8 Å². The summed E-state index contributed by atoms with van der Waals surface area (Å²) in [5.41, 5.74) is 4.34. The predicted octanol–water partition coefficient (Wildman–Crippen LogP) is 2.14. The number of carbonyl (C=O) groups excluding carboxylic acids is 1. The molecule has 132 valence electrons. The Bertz CT molecular complexity index is 937. The Morgan fingerprint density at radius 3 is 2.62 bits per heavy atom. The number of amides is 1. The van der Waals surface area contributed by atoms with Gasteiger partial charge in [0.2, 0.25) is 5.91 Å². The van der Waals surface area contributed by atoms with Gasteiger partial charge in [-0.3, -0.25) is 14.5 Å². The van der Waals surface area contributed by atoms with Crippen LogP contribution < -0.4 is 10.6 Å². The molecular weight excluding hydrogens is 333 g/mol. The smallest absolute Gasteiger partial charge is 0.245 e. The molecule has 1 aliphatic heterocycles. The van der Waals surface area contributed by atoms with E-state index in [0.717, 1.165) is 28.1 Å². The Labute approximate surface area is 150 Å². The van der Waals surface area contributed by atoms with Crippen LogP contribution in [0.5, 0.6) is 0 Å². The topological polar surface area (TPSA) is 71.8 Å². The van der Waals surface area contributed by atoms with E-state index in [-0.39, 0.29) is 11.7 Å². The summed E-state index contributed by atoms with van der Waals surface area (Å²) in [5.74, 6) is -0.402. The van der Waals surface area contributed by atoms with Gasteiger partial charge in [0.15, 0.2) is 0 Å². The average Bonchev–Trinajstić information content (AvgIpc) is 3.08. The molecule has 1 amide bonds. The van der Waals surface area contributed by atoms with Gasteiger partial charge in [0.05, 0.1) is 5.69 Å². The van der Waals surface area contributed by atoms with Crippen molar-refractivity contribution in [1.82, 2.24) is 25.4 Å². The molecule has 0 aliphatic carbocycles. The third-order valence-corrected chi connectivity index (χ3v) is 4.57. The molecule has 2 N–H and O–H groups in total. The van der Waals surface area contributed by atoms with Crippen LogP contribution >= 0.6 is 0 Å². The first-order chi connectivity index (χ1) is 12.7. The lowest BCUT2D eigenvalue weighted by Crippen LogP contribution is -2.42. The Morgan fingerprint density at radius 2 is 1.92 bits per heavy atom. The van der Waals surface area contributed by atoms with Crippen molar-refractivity contribution in [2.45, 2.75) is 12.6 Å². The number of benzene rings is 1. The molecule has 0 unspecified atom stereocenters. The maximum absolute atomic E-state index is 13.4. The van der Waals surface area contributed by atoms with Gasteiger partial charge in [0.1, 0.15) is 17.6 Å². The van der Waals surface area contributed by atoms with Crippen molar-refractivity contribution in [3.63, 3.8) is 0 Å². The summed E-state index contributed by atoms with van der Waals surface area (Å²) >= 11 is 0. The number of carbonyl (C=O) groups is 1. The van der Waals surface area contributed by atoms with Crippen molar-refractivity contribution >= 4 is 5.91 Å². The molecule has 3 aromatic rings. The van der Waals surface area contributed by atoms with Crippen LogP contribution in [0, 0.1) is 5.82 Å². The molecule has 1 atom stereocenters. The van der Waals surface area contributed by atoms with Gasteiger partial charge in [-0.25, -0.2) is 4.39 Å². The molecule has 3 heterocycles. The number of likely N-dealkylation sites (N-methyl/N-ethyl adjacent to an activating group) is 1. The summed E-state index contributed by atoms with van der Waals surface area (Å²) in [5, 5.41) is 10.7. The third-order valence-electron chi connectivity index (χ3n) is 4.57. The number of rotatable bonds is 3. The van der Waals surface area contributed by atoms with Crippen LogP contribution in [0.3, 0.4) is 0 Å².